The summed E-state index contributed by atoms with van der Waals surface area (Å²) in [5, 5.41) is 1.29. The molecular weight excluding hydrogens is 264 g/mol. The first-order valence-corrected chi connectivity index (χ1v) is 8.04. The van der Waals surface area contributed by atoms with Gasteiger partial charge < -0.3 is 4.90 Å². The van der Waals surface area contributed by atoms with E-state index >= 15 is 0 Å². The second-order valence-electron chi connectivity index (χ2n) is 5.76. The first-order chi connectivity index (χ1) is 9.79. The summed E-state index contributed by atoms with van der Waals surface area (Å²) in [5.74, 6) is 0. The highest BCUT2D eigenvalue weighted by Gasteiger charge is 2.23. The van der Waals surface area contributed by atoms with Crippen LogP contribution in [0.2, 0.25) is 0 Å². The van der Waals surface area contributed by atoms with Crippen LogP contribution in [0, 0.1) is 0 Å². The summed E-state index contributed by atoms with van der Waals surface area (Å²) in [4.78, 5) is 8.73. The summed E-state index contributed by atoms with van der Waals surface area (Å²) in [5.41, 5.74) is 5.59. The number of likely N-dealkylation sites (N-methyl/N-ethyl adjacent to an activating group) is 1. The van der Waals surface area contributed by atoms with Crippen LogP contribution in [-0.4, -0.2) is 30.0 Å². The molecule has 0 spiro atoms. The predicted molar refractivity (Wildman–Crippen MR) is 84.3 cm³/mol. The minimum absolute atomic E-state index is 1.05. The van der Waals surface area contributed by atoms with E-state index in [1.807, 2.05) is 11.3 Å². The molecule has 1 aromatic heterocycles. The van der Waals surface area contributed by atoms with Crippen LogP contribution in [0.25, 0.3) is 11.3 Å². The molecule has 2 heterocycles. The summed E-state index contributed by atoms with van der Waals surface area (Å²) in [6.45, 7) is 2.27. The Balaban J connectivity index is 1.59. The Morgan fingerprint density at radius 2 is 2.20 bits per heavy atom. The highest BCUT2D eigenvalue weighted by atomic mass is 32.1. The lowest BCUT2D eigenvalue weighted by molar-refractivity contribution is 0.357. The molecule has 1 aliphatic heterocycles. The molecule has 1 aliphatic carbocycles. The van der Waals surface area contributed by atoms with Crippen LogP contribution < -0.4 is 0 Å². The highest BCUT2D eigenvalue weighted by Crippen LogP contribution is 2.39. The molecule has 4 rings (SSSR count). The third-order valence-electron chi connectivity index (χ3n) is 4.25. The standard InChI is InChI=1S/C17H18N2S/c1-19-8-6-12(7-9-19)10-16-18-17-14-5-3-2-4-13(14)11-15(17)20-16/h2-6H,7-11H2,1H3. The minimum atomic E-state index is 1.05. The van der Waals surface area contributed by atoms with Crippen LogP contribution in [0.1, 0.15) is 21.9 Å². The maximum absolute atomic E-state index is 4.91. The van der Waals surface area contributed by atoms with E-state index in [1.54, 1.807) is 5.57 Å². The Kier molecular flexibility index (Phi) is 2.97. The third-order valence-corrected chi connectivity index (χ3v) is 5.31. The molecule has 2 nitrogen and oxygen atoms in total. The topological polar surface area (TPSA) is 16.1 Å². The van der Waals surface area contributed by atoms with Crippen molar-refractivity contribution in [2.45, 2.75) is 19.3 Å². The second-order valence-corrected chi connectivity index (χ2v) is 6.93. The number of aromatic nitrogens is 1. The number of nitrogens with zero attached hydrogens (tertiary/aromatic N) is 2. The fourth-order valence-corrected chi connectivity index (χ4v) is 4.21. The van der Waals surface area contributed by atoms with Crippen LogP contribution in [0.5, 0.6) is 0 Å². The molecule has 0 saturated heterocycles. The molecule has 0 saturated carbocycles. The van der Waals surface area contributed by atoms with Gasteiger partial charge in [-0.1, -0.05) is 35.9 Å². The van der Waals surface area contributed by atoms with Crippen molar-refractivity contribution in [3.05, 3.63) is 51.4 Å². The molecule has 102 valence electrons. The lowest BCUT2D eigenvalue weighted by Gasteiger charge is -2.21. The zero-order chi connectivity index (χ0) is 13.5. The number of fused-ring (bicyclic) bond motifs is 3. The van der Waals surface area contributed by atoms with Gasteiger partial charge in [0, 0.05) is 36.4 Å². The maximum Gasteiger partial charge on any atom is 0.0976 e. The fraction of sp³-hybridized carbons (Fsp3) is 0.353. The number of rotatable bonds is 2. The van der Waals surface area contributed by atoms with Crippen molar-refractivity contribution in [3.63, 3.8) is 0 Å². The van der Waals surface area contributed by atoms with Gasteiger partial charge in [-0.05, 0) is 19.0 Å². The minimum Gasteiger partial charge on any atom is -0.302 e. The summed E-state index contributed by atoms with van der Waals surface area (Å²) >= 11 is 1.91. The Morgan fingerprint density at radius 3 is 3.05 bits per heavy atom. The van der Waals surface area contributed by atoms with Gasteiger partial charge in [0.05, 0.1) is 10.7 Å². The molecule has 0 radical (unpaired) electrons. The van der Waals surface area contributed by atoms with Crippen molar-refractivity contribution in [3.8, 4) is 11.3 Å². The van der Waals surface area contributed by atoms with Crippen molar-refractivity contribution in [1.29, 1.82) is 0 Å². The van der Waals surface area contributed by atoms with Crippen LogP contribution in [0.15, 0.2) is 35.9 Å². The zero-order valence-corrected chi connectivity index (χ0v) is 12.5. The lowest BCUT2D eigenvalue weighted by atomic mass is 10.1. The van der Waals surface area contributed by atoms with E-state index in [4.69, 9.17) is 4.98 Å². The van der Waals surface area contributed by atoms with E-state index in [-0.39, 0.29) is 0 Å². The molecule has 1 aromatic carbocycles. The number of thiazole rings is 1. The Hall–Kier alpha value is -1.45. The van der Waals surface area contributed by atoms with Gasteiger partial charge >= 0.3 is 0 Å². The van der Waals surface area contributed by atoms with Gasteiger partial charge in [-0.2, -0.15) is 0 Å². The van der Waals surface area contributed by atoms with Crippen LogP contribution in [0.4, 0.5) is 0 Å². The Morgan fingerprint density at radius 1 is 1.30 bits per heavy atom. The smallest absolute Gasteiger partial charge is 0.0976 e. The Bertz CT molecular complexity index is 684. The summed E-state index contributed by atoms with van der Waals surface area (Å²) in [7, 11) is 2.18. The average Bonchev–Trinajstić information content (AvgIpc) is 2.98. The van der Waals surface area contributed by atoms with Crippen molar-refractivity contribution < 1.29 is 0 Å². The van der Waals surface area contributed by atoms with Gasteiger partial charge in [-0.3, -0.25) is 0 Å². The van der Waals surface area contributed by atoms with Crippen molar-refractivity contribution in [2.24, 2.45) is 0 Å². The Labute approximate surface area is 123 Å². The first-order valence-electron chi connectivity index (χ1n) is 7.23. The van der Waals surface area contributed by atoms with Gasteiger partial charge in [-0.15, -0.1) is 11.3 Å². The summed E-state index contributed by atoms with van der Waals surface area (Å²) < 4.78 is 0. The number of hydrogen-bond acceptors (Lipinski definition) is 3. The van der Waals surface area contributed by atoms with Crippen molar-refractivity contribution >= 4 is 11.3 Å². The van der Waals surface area contributed by atoms with Crippen LogP contribution in [0.3, 0.4) is 0 Å². The molecule has 0 fully saturated rings. The normalized spacial score (nSPS) is 17.8. The van der Waals surface area contributed by atoms with E-state index in [1.165, 1.54) is 39.7 Å². The van der Waals surface area contributed by atoms with Gasteiger partial charge in [0.2, 0.25) is 0 Å². The zero-order valence-electron chi connectivity index (χ0n) is 11.7. The van der Waals surface area contributed by atoms with Crippen molar-refractivity contribution in [2.75, 3.05) is 20.1 Å². The number of hydrogen-bond donors (Lipinski definition) is 0. The van der Waals surface area contributed by atoms with E-state index < -0.39 is 0 Å². The van der Waals surface area contributed by atoms with Gasteiger partial charge in [0.1, 0.15) is 0 Å². The predicted octanol–water partition coefficient (Wildman–Crippen LogP) is 3.52. The largest absolute Gasteiger partial charge is 0.302 e. The SMILES string of the molecule is CN1CC=C(Cc2nc3c(s2)Cc2ccccc2-3)CC1. The molecule has 0 bridgehead atoms. The van der Waals surface area contributed by atoms with Gasteiger partial charge in [0.25, 0.3) is 0 Å². The molecule has 2 aromatic rings. The molecule has 0 amide bonds. The molecular formula is C17H18N2S. The van der Waals surface area contributed by atoms with E-state index in [0.717, 1.165) is 19.4 Å². The summed E-state index contributed by atoms with van der Waals surface area (Å²) in [6, 6.07) is 8.68. The molecule has 0 N–H and O–H groups in total. The van der Waals surface area contributed by atoms with Crippen LogP contribution >= 0.6 is 11.3 Å². The molecule has 0 unspecified atom stereocenters. The van der Waals surface area contributed by atoms with Crippen molar-refractivity contribution in [1.82, 2.24) is 9.88 Å². The fourth-order valence-electron chi connectivity index (χ4n) is 3.05. The maximum atomic E-state index is 4.91. The lowest BCUT2D eigenvalue weighted by Crippen LogP contribution is -2.24. The van der Waals surface area contributed by atoms with Crippen LogP contribution in [-0.2, 0) is 12.8 Å². The quantitative estimate of drug-likeness (QED) is 0.669. The molecule has 0 atom stereocenters. The third kappa shape index (κ3) is 2.11. The monoisotopic (exact) mass is 282 g/mol. The highest BCUT2D eigenvalue weighted by molar-refractivity contribution is 7.12. The molecule has 3 heteroatoms. The average molecular weight is 282 g/mol. The first kappa shape index (κ1) is 12.3. The van der Waals surface area contributed by atoms with Gasteiger partial charge in [-0.25, -0.2) is 4.98 Å². The summed E-state index contributed by atoms with van der Waals surface area (Å²) in [6.07, 6.45) is 5.69. The molecule has 2 aliphatic rings. The van der Waals surface area contributed by atoms with E-state index in [0.29, 0.717) is 0 Å². The second kappa shape index (κ2) is 4.83. The molecule has 20 heavy (non-hydrogen) atoms. The number of benzene rings is 1. The van der Waals surface area contributed by atoms with Gasteiger partial charge in [0.15, 0.2) is 0 Å². The van der Waals surface area contributed by atoms with E-state index in [2.05, 4.69) is 42.3 Å². The van der Waals surface area contributed by atoms with E-state index in [9.17, 15) is 0 Å².